The fraction of sp³-hybridized carbons (Fsp3) is 0.250. The molecule has 1 heterocycles. The normalized spacial score (nSPS) is 14.6. The van der Waals surface area contributed by atoms with Gasteiger partial charge in [0.1, 0.15) is 5.75 Å². The molecule has 2 aromatic rings. The van der Waals surface area contributed by atoms with Crippen molar-refractivity contribution in [2.24, 2.45) is 0 Å². The van der Waals surface area contributed by atoms with Gasteiger partial charge >= 0.3 is 0 Å². The van der Waals surface area contributed by atoms with E-state index in [1.165, 1.54) is 0 Å². The molecule has 0 bridgehead atoms. The Morgan fingerprint density at radius 3 is 3.00 bits per heavy atom. The Morgan fingerprint density at radius 1 is 1.33 bits per heavy atom. The molecule has 76 valence electrons. The van der Waals surface area contributed by atoms with Crippen molar-refractivity contribution in [2.75, 3.05) is 7.11 Å². The lowest BCUT2D eigenvalue weighted by Gasteiger charge is -1.99. The lowest BCUT2D eigenvalue weighted by molar-refractivity contribution is 0.0996. The molecule has 0 fully saturated rings. The molecule has 0 aliphatic heterocycles. The molecule has 0 spiro atoms. The lowest BCUT2D eigenvalue weighted by atomic mass is 10.1. The molecule has 3 heteroatoms. The van der Waals surface area contributed by atoms with Crippen LogP contribution in [0.4, 0.5) is 0 Å². The molecule has 0 saturated heterocycles. The van der Waals surface area contributed by atoms with Gasteiger partial charge in [-0.25, -0.2) is 0 Å². The molecule has 15 heavy (non-hydrogen) atoms. The van der Waals surface area contributed by atoms with Gasteiger partial charge in [-0.05, 0) is 18.6 Å². The summed E-state index contributed by atoms with van der Waals surface area (Å²) in [6, 6.07) is 5.77. The van der Waals surface area contributed by atoms with Crippen LogP contribution in [0.5, 0.6) is 5.75 Å². The van der Waals surface area contributed by atoms with Crippen molar-refractivity contribution in [3.63, 3.8) is 0 Å². The van der Waals surface area contributed by atoms with Crippen LogP contribution in [0.15, 0.2) is 18.2 Å². The van der Waals surface area contributed by atoms with Gasteiger partial charge in [-0.15, -0.1) is 0 Å². The van der Waals surface area contributed by atoms with Gasteiger partial charge in [-0.3, -0.25) is 4.79 Å². The first-order valence-corrected chi connectivity index (χ1v) is 5.01. The molecule has 1 aliphatic carbocycles. The third kappa shape index (κ3) is 1.09. The molecule has 3 nitrogen and oxygen atoms in total. The van der Waals surface area contributed by atoms with E-state index < -0.39 is 0 Å². The number of aromatic amines is 1. The number of benzene rings is 1. The van der Waals surface area contributed by atoms with Gasteiger partial charge in [0, 0.05) is 29.1 Å². The van der Waals surface area contributed by atoms with Crippen molar-refractivity contribution in [3.05, 3.63) is 29.5 Å². The number of rotatable bonds is 1. The minimum Gasteiger partial charge on any atom is -0.497 e. The molecule has 0 atom stereocenters. The number of hydrogen-bond acceptors (Lipinski definition) is 2. The zero-order chi connectivity index (χ0) is 10.4. The summed E-state index contributed by atoms with van der Waals surface area (Å²) in [5.41, 5.74) is 2.95. The Balaban J connectivity index is 2.31. The second-order valence-corrected chi connectivity index (χ2v) is 3.81. The number of ether oxygens (including phenoxy) is 1. The predicted molar refractivity (Wildman–Crippen MR) is 57.5 cm³/mol. The first-order valence-electron chi connectivity index (χ1n) is 5.01. The van der Waals surface area contributed by atoms with Crippen LogP contribution in [0, 0.1) is 0 Å². The predicted octanol–water partition coefficient (Wildman–Crippen LogP) is 2.31. The summed E-state index contributed by atoms with van der Waals surface area (Å²) in [6.07, 6.45) is 1.48. The number of aromatic nitrogens is 1. The van der Waals surface area contributed by atoms with E-state index in [0.717, 1.165) is 34.3 Å². The highest BCUT2D eigenvalue weighted by molar-refractivity contribution is 6.11. The van der Waals surface area contributed by atoms with Crippen LogP contribution in [0.2, 0.25) is 0 Å². The molecule has 1 aromatic carbocycles. The molecular formula is C12H11NO2. The van der Waals surface area contributed by atoms with Crippen molar-refractivity contribution >= 4 is 16.7 Å². The van der Waals surface area contributed by atoms with E-state index in [-0.39, 0.29) is 5.78 Å². The quantitative estimate of drug-likeness (QED) is 0.769. The Hall–Kier alpha value is -1.77. The zero-order valence-corrected chi connectivity index (χ0v) is 8.46. The fourth-order valence-electron chi connectivity index (χ4n) is 2.23. The van der Waals surface area contributed by atoms with Crippen molar-refractivity contribution in [2.45, 2.75) is 12.8 Å². The van der Waals surface area contributed by atoms with Gasteiger partial charge in [0.2, 0.25) is 0 Å². The summed E-state index contributed by atoms with van der Waals surface area (Å²) in [5, 5.41) is 1.02. The van der Waals surface area contributed by atoms with Crippen LogP contribution in [0.3, 0.4) is 0 Å². The number of fused-ring (bicyclic) bond motifs is 3. The van der Waals surface area contributed by atoms with Gasteiger partial charge in [0.25, 0.3) is 0 Å². The average molecular weight is 201 g/mol. The minimum atomic E-state index is 0.251. The zero-order valence-electron chi connectivity index (χ0n) is 8.46. The van der Waals surface area contributed by atoms with Gasteiger partial charge in [-0.2, -0.15) is 0 Å². The number of methoxy groups -OCH3 is 1. The third-order valence-electron chi connectivity index (χ3n) is 2.96. The summed E-state index contributed by atoms with van der Waals surface area (Å²) in [7, 11) is 1.64. The summed E-state index contributed by atoms with van der Waals surface area (Å²) in [5.74, 6) is 1.07. The lowest BCUT2D eigenvalue weighted by Crippen LogP contribution is -1.89. The topological polar surface area (TPSA) is 42.1 Å². The highest BCUT2D eigenvalue weighted by Crippen LogP contribution is 2.31. The van der Waals surface area contributed by atoms with Crippen LogP contribution in [-0.4, -0.2) is 17.9 Å². The number of nitrogens with one attached hydrogen (secondary N) is 1. The first-order chi connectivity index (χ1) is 7.29. The van der Waals surface area contributed by atoms with Crippen LogP contribution in [0.1, 0.15) is 22.5 Å². The largest absolute Gasteiger partial charge is 0.497 e. The second kappa shape index (κ2) is 2.86. The Morgan fingerprint density at radius 2 is 2.20 bits per heavy atom. The number of carbonyl (C=O) groups excluding carboxylic acids is 1. The van der Waals surface area contributed by atoms with Gasteiger partial charge < -0.3 is 9.72 Å². The number of ketones is 1. The molecule has 0 unspecified atom stereocenters. The number of aryl methyl sites for hydroxylation is 1. The molecule has 0 radical (unpaired) electrons. The van der Waals surface area contributed by atoms with Crippen molar-refractivity contribution in [1.29, 1.82) is 0 Å². The molecule has 3 rings (SSSR count). The number of hydrogen-bond donors (Lipinski definition) is 1. The number of carbonyl (C=O) groups is 1. The summed E-state index contributed by atoms with van der Waals surface area (Å²) in [6.45, 7) is 0. The van der Waals surface area contributed by atoms with Gasteiger partial charge in [0.05, 0.1) is 12.6 Å². The molecule has 1 aliphatic rings. The summed E-state index contributed by atoms with van der Waals surface area (Å²) < 4.78 is 5.14. The van der Waals surface area contributed by atoms with Crippen LogP contribution >= 0.6 is 0 Å². The smallest absolute Gasteiger partial charge is 0.165 e. The second-order valence-electron chi connectivity index (χ2n) is 3.81. The van der Waals surface area contributed by atoms with Crippen LogP contribution in [0.25, 0.3) is 10.9 Å². The van der Waals surface area contributed by atoms with Crippen LogP contribution < -0.4 is 4.74 Å². The Kier molecular flexibility index (Phi) is 1.63. The van der Waals surface area contributed by atoms with Crippen molar-refractivity contribution in [3.8, 4) is 5.75 Å². The standard InChI is InChI=1S/C12H11NO2/c1-15-7-2-3-8-10(6-7)13-9-4-5-11(14)12(8)9/h2-3,6,13H,4-5H2,1H3. The number of H-pyrrole nitrogens is 1. The highest BCUT2D eigenvalue weighted by Gasteiger charge is 2.24. The van der Waals surface area contributed by atoms with E-state index in [9.17, 15) is 4.79 Å². The maximum Gasteiger partial charge on any atom is 0.165 e. The maximum absolute atomic E-state index is 11.6. The molecule has 0 amide bonds. The minimum absolute atomic E-state index is 0.251. The Bertz CT molecular complexity index is 554. The third-order valence-corrected chi connectivity index (χ3v) is 2.96. The molecular weight excluding hydrogens is 190 g/mol. The average Bonchev–Trinajstić information content (AvgIpc) is 2.77. The molecule has 0 saturated carbocycles. The summed E-state index contributed by atoms with van der Waals surface area (Å²) in [4.78, 5) is 14.9. The molecule has 1 N–H and O–H groups in total. The maximum atomic E-state index is 11.6. The van der Waals surface area contributed by atoms with E-state index in [0.29, 0.717) is 6.42 Å². The fourth-order valence-corrected chi connectivity index (χ4v) is 2.23. The van der Waals surface area contributed by atoms with E-state index in [4.69, 9.17) is 4.74 Å². The van der Waals surface area contributed by atoms with E-state index in [1.54, 1.807) is 7.11 Å². The van der Waals surface area contributed by atoms with Gasteiger partial charge in [-0.1, -0.05) is 0 Å². The SMILES string of the molecule is COc1ccc2c3c([nH]c2c1)CCC3=O. The van der Waals surface area contributed by atoms with Crippen molar-refractivity contribution in [1.82, 2.24) is 4.98 Å². The summed E-state index contributed by atoms with van der Waals surface area (Å²) >= 11 is 0. The first kappa shape index (κ1) is 8.53. The van der Waals surface area contributed by atoms with Gasteiger partial charge in [0.15, 0.2) is 5.78 Å². The van der Waals surface area contributed by atoms with Crippen LogP contribution in [-0.2, 0) is 6.42 Å². The Labute approximate surface area is 87.1 Å². The highest BCUT2D eigenvalue weighted by atomic mass is 16.5. The van der Waals surface area contributed by atoms with Crippen molar-refractivity contribution < 1.29 is 9.53 Å². The number of Topliss-reactive ketones (excluding diaryl/α,β-unsaturated/α-hetero) is 1. The van der Waals surface area contributed by atoms with E-state index in [1.807, 2.05) is 18.2 Å². The molecule has 1 aromatic heterocycles. The van der Waals surface area contributed by atoms with E-state index >= 15 is 0 Å². The monoisotopic (exact) mass is 201 g/mol. The van der Waals surface area contributed by atoms with E-state index in [2.05, 4.69) is 4.98 Å².